The molecule has 0 amide bonds. The molecule has 0 aliphatic carbocycles. The Morgan fingerprint density at radius 1 is 1.23 bits per heavy atom. The zero-order valence-corrected chi connectivity index (χ0v) is 7.88. The minimum Gasteiger partial charge on any atom is -0.369 e. The van der Waals surface area contributed by atoms with E-state index in [-0.39, 0.29) is 18.5 Å². The van der Waals surface area contributed by atoms with Crippen LogP contribution in [-0.4, -0.2) is 32.0 Å². The van der Waals surface area contributed by atoms with Gasteiger partial charge in [-0.3, -0.25) is 0 Å². The quantitative estimate of drug-likeness (QED) is 0.764. The number of alkyl halides is 3. The highest BCUT2D eigenvalue weighted by molar-refractivity contribution is 5.85. The van der Waals surface area contributed by atoms with Crippen LogP contribution in [0.4, 0.5) is 13.2 Å². The van der Waals surface area contributed by atoms with Crippen molar-refractivity contribution in [2.45, 2.75) is 25.1 Å². The molecule has 1 saturated heterocycles. The van der Waals surface area contributed by atoms with E-state index in [0.717, 1.165) is 13.1 Å². The van der Waals surface area contributed by atoms with Gasteiger partial charge in [0.05, 0.1) is 6.10 Å². The molecule has 0 atom stereocenters. The van der Waals surface area contributed by atoms with Crippen LogP contribution in [-0.2, 0) is 4.74 Å². The largest absolute Gasteiger partial charge is 0.411 e. The van der Waals surface area contributed by atoms with Gasteiger partial charge in [-0.15, -0.1) is 12.4 Å². The molecule has 1 N–H and O–H groups in total. The van der Waals surface area contributed by atoms with Crippen molar-refractivity contribution in [3.8, 4) is 0 Å². The lowest BCUT2D eigenvalue weighted by Gasteiger charge is -2.23. The van der Waals surface area contributed by atoms with E-state index in [1.807, 2.05) is 0 Å². The summed E-state index contributed by atoms with van der Waals surface area (Å²) >= 11 is 0. The molecular formula is C7H13ClF3NO. The summed E-state index contributed by atoms with van der Waals surface area (Å²) < 4.78 is 39.7. The Balaban J connectivity index is 0.00000144. The van der Waals surface area contributed by atoms with E-state index >= 15 is 0 Å². The number of hydrogen-bond donors (Lipinski definition) is 1. The predicted molar refractivity (Wildman–Crippen MR) is 45.1 cm³/mol. The first-order valence-corrected chi connectivity index (χ1v) is 3.97. The fraction of sp³-hybridized carbons (Fsp3) is 1.00. The summed E-state index contributed by atoms with van der Waals surface area (Å²) in [6, 6.07) is 0. The van der Waals surface area contributed by atoms with Gasteiger partial charge in [-0.25, -0.2) is 0 Å². The third-order valence-corrected chi connectivity index (χ3v) is 1.77. The van der Waals surface area contributed by atoms with Crippen molar-refractivity contribution >= 4 is 12.4 Å². The Labute approximate surface area is 81.2 Å². The summed E-state index contributed by atoms with van der Waals surface area (Å²) in [5, 5.41) is 3.05. The Bertz CT molecular complexity index is 136. The van der Waals surface area contributed by atoms with Gasteiger partial charge in [0.1, 0.15) is 6.61 Å². The molecule has 2 nitrogen and oxygen atoms in total. The van der Waals surface area contributed by atoms with E-state index in [1.54, 1.807) is 0 Å². The molecule has 0 radical (unpaired) electrons. The smallest absolute Gasteiger partial charge is 0.369 e. The van der Waals surface area contributed by atoms with Crippen LogP contribution in [0.15, 0.2) is 0 Å². The van der Waals surface area contributed by atoms with Gasteiger partial charge in [-0.2, -0.15) is 13.2 Å². The fourth-order valence-corrected chi connectivity index (χ4v) is 1.17. The Kier molecular flexibility index (Phi) is 5.67. The Morgan fingerprint density at radius 2 is 1.77 bits per heavy atom. The van der Waals surface area contributed by atoms with E-state index in [4.69, 9.17) is 0 Å². The van der Waals surface area contributed by atoms with E-state index in [1.165, 1.54) is 0 Å². The number of ether oxygens (including phenoxy) is 1. The summed E-state index contributed by atoms with van der Waals surface area (Å²) in [4.78, 5) is 0. The number of nitrogens with one attached hydrogen (secondary N) is 1. The second-order valence-corrected chi connectivity index (χ2v) is 2.88. The van der Waals surface area contributed by atoms with E-state index in [0.29, 0.717) is 12.8 Å². The molecule has 0 aromatic heterocycles. The number of rotatable bonds is 2. The Morgan fingerprint density at radius 3 is 2.23 bits per heavy atom. The second-order valence-electron chi connectivity index (χ2n) is 2.88. The highest BCUT2D eigenvalue weighted by Gasteiger charge is 2.29. The first-order valence-electron chi connectivity index (χ1n) is 3.97. The zero-order chi connectivity index (χ0) is 9.03. The molecule has 13 heavy (non-hydrogen) atoms. The van der Waals surface area contributed by atoms with Gasteiger partial charge in [0.15, 0.2) is 0 Å². The fourth-order valence-electron chi connectivity index (χ4n) is 1.17. The van der Waals surface area contributed by atoms with Crippen molar-refractivity contribution in [1.82, 2.24) is 5.32 Å². The van der Waals surface area contributed by atoms with Gasteiger partial charge in [0.25, 0.3) is 0 Å². The number of piperidine rings is 1. The average molecular weight is 220 g/mol. The van der Waals surface area contributed by atoms with Crippen LogP contribution in [0, 0.1) is 0 Å². The van der Waals surface area contributed by atoms with Crippen LogP contribution in [0.2, 0.25) is 0 Å². The van der Waals surface area contributed by atoms with Crippen LogP contribution >= 0.6 is 12.4 Å². The van der Waals surface area contributed by atoms with Gasteiger partial charge in [0, 0.05) is 0 Å². The van der Waals surface area contributed by atoms with E-state index in [2.05, 4.69) is 10.1 Å². The van der Waals surface area contributed by atoms with Crippen LogP contribution in [0.25, 0.3) is 0 Å². The zero-order valence-electron chi connectivity index (χ0n) is 7.06. The lowest BCUT2D eigenvalue weighted by atomic mass is 10.1. The first-order chi connectivity index (χ1) is 5.58. The highest BCUT2D eigenvalue weighted by atomic mass is 35.5. The highest BCUT2D eigenvalue weighted by Crippen LogP contribution is 2.17. The van der Waals surface area contributed by atoms with Gasteiger partial charge in [0.2, 0.25) is 0 Å². The molecule has 80 valence electrons. The average Bonchev–Trinajstić information content (AvgIpc) is 2.02. The van der Waals surface area contributed by atoms with Crippen LogP contribution in [0.5, 0.6) is 0 Å². The summed E-state index contributed by atoms with van der Waals surface area (Å²) in [6.45, 7) is 0.392. The summed E-state index contributed by atoms with van der Waals surface area (Å²) in [5.74, 6) is 0. The van der Waals surface area contributed by atoms with E-state index in [9.17, 15) is 13.2 Å². The molecule has 1 rings (SSSR count). The molecule has 1 aliphatic rings. The molecule has 1 fully saturated rings. The van der Waals surface area contributed by atoms with Crippen LogP contribution in [0.3, 0.4) is 0 Å². The Hall–Kier alpha value is -0.0000000000000000416. The molecule has 6 heteroatoms. The maximum atomic E-state index is 11.7. The third-order valence-electron chi connectivity index (χ3n) is 1.77. The van der Waals surface area contributed by atoms with Gasteiger partial charge in [-0.05, 0) is 25.9 Å². The molecular weight excluding hydrogens is 207 g/mol. The van der Waals surface area contributed by atoms with Crippen molar-refractivity contribution in [1.29, 1.82) is 0 Å². The lowest BCUT2D eigenvalue weighted by Crippen LogP contribution is -2.34. The predicted octanol–water partition coefficient (Wildman–Crippen LogP) is 1.74. The molecule has 1 heterocycles. The molecule has 0 saturated carbocycles. The lowest BCUT2D eigenvalue weighted by molar-refractivity contribution is -0.187. The van der Waals surface area contributed by atoms with Crippen molar-refractivity contribution in [2.75, 3.05) is 19.7 Å². The van der Waals surface area contributed by atoms with Gasteiger partial charge >= 0.3 is 6.18 Å². The normalized spacial score (nSPS) is 19.6. The minimum absolute atomic E-state index is 0. The van der Waals surface area contributed by atoms with E-state index < -0.39 is 12.8 Å². The number of halogens is 4. The van der Waals surface area contributed by atoms with Crippen molar-refractivity contribution in [2.24, 2.45) is 0 Å². The molecule has 0 aromatic rings. The maximum Gasteiger partial charge on any atom is 0.411 e. The molecule has 1 aliphatic heterocycles. The summed E-state index contributed by atoms with van der Waals surface area (Å²) in [6.07, 6.45) is -3.05. The molecule has 0 aromatic carbocycles. The summed E-state index contributed by atoms with van der Waals surface area (Å²) in [7, 11) is 0. The topological polar surface area (TPSA) is 21.3 Å². The molecule has 0 spiro atoms. The van der Waals surface area contributed by atoms with Crippen LogP contribution < -0.4 is 5.32 Å². The molecule has 0 bridgehead atoms. The molecule has 0 unspecified atom stereocenters. The second kappa shape index (κ2) is 5.67. The number of hydrogen-bond acceptors (Lipinski definition) is 2. The third kappa shape index (κ3) is 6.12. The van der Waals surface area contributed by atoms with Crippen molar-refractivity contribution < 1.29 is 17.9 Å². The minimum atomic E-state index is -4.19. The van der Waals surface area contributed by atoms with Gasteiger partial charge in [-0.1, -0.05) is 0 Å². The summed E-state index contributed by atoms with van der Waals surface area (Å²) in [5.41, 5.74) is 0. The van der Waals surface area contributed by atoms with Crippen molar-refractivity contribution in [3.63, 3.8) is 0 Å². The maximum absolute atomic E-state index is 11.7. The SMILES string of the molecule is Cl.FC(F)(F)COC1CCNCC1. The standard InChI is InChI=1S/C7H12F3NO.ClH/c8-7(9,10)5-12-6-1-3-11-4-2-6;/h6,11H,1-5H2;1H. The first kappa shape index (κ1) is 13.0. The van der Waals surface area contributed by atoms with Crippen molar-refractivity contribution in [3.05, 3.63) is 0 Å². The van der Waals surface area contributed by atoms with Gasteiger partial charge < -0.3 is 10.1 Å². The van der Waals surface area contributed by atoms with Crippen LogP contribution in [0.1, 0.15) is 12.8 Å². The monoisotopic (exact) mass is 219 g/mol.